The zero-order valence-electron chi connectivity index (χ0n) is 27.2. The van der Waals surface area contributed by atoms with E-state index in [-0.39, 0.29) is 0 Å². The summed E-state index contributed by atoms with van der Waals surface area (Å²) in [5, 5.41) is 4.02. The standard InChI is InChI=1S/C41H38Cl2N3S2/c1-3-25-44-35-27-31(42)19-21-37(35)47-39(44)23-17-29-15-16-30(18-24-40-45(26-4-2)36-28-32(43)20-22-38(36)48-40)41(29)46(33-11-7-5-8-12-33)34-13-9-6-10-14-34/h5-14,17-24,27-28H,3-4,15-16,25-26H2,1-2H3/q+1. The predicted octanol–water partition coefficient (Wildman–Crippen LogP) is 12.6. The van der Waals surface area contributed by atoms with Crippen LogP contribution < -0.4 is 14.4 Å². The third-order valence-corrected chi connectivity index (χ3v) is 11.4. The third kappa shape index (κ3) is 6.75. The van der Waals surface area contributed by atoms with Gasteiger partial charge >= 0.3 is 0 Å². The zero-order chi connectivity index (χ0) is 33.0. The first-order chi connectivity index (χ1) is 23.5. The summed E-state index contributed by atoms with van der Waals surface area (Å²) in [5.74, 6) is 0. The molecule has 1 aliphatic carbocycles. The second kappa shape index (κ2) is 14.8. The Balaban J connectivity index is 1.36. The smallest absolute Gasteiger partial charge is 0.262 e. The summed E-state index contributed by atoms with van der Waals surface area (Å²) in [6.45, 7) is 6.36. The lowest BCUT2D eigenvalue weighted by atomic mass is 10.1. The fraction of sp³-hybridized carbons (Fsp3) is 0.195. The van der Waals surface area contributed by atoms with Crippen molar-refractivity contribution >= 4 is 79.7 Å². The highest BCUT2D eigenvalue weighted by Crippen LogP contribution is 2.48. The Morgan fingerprint density at radius 2 is 1.50 bits per heavy atom. The first-order valence-electron chi connectivity index (χ1n) is 16.6. The van der Waals surface area contributed by atoms with Crippen molar-refractivity contribution in [3.63, 3.8) is 0 Å². The van der Waals surface area contributed by atoms with Crippen molar-refractivity contribution < 1.29 is 4.57 Å². The quantitative estimate of drug-likeness (QED) is 0.134. The van der Waals surface area contributed by atoms with Crippen LogP contribution in [0.5, 0.6) is 0 Å². The first-order valence-corrected chi connectivity index (χ1v) is 19.0. The molecule has 3 nitrogen and oxygen atoms in total. The van der Waals surface area contributed by atoms with Gasteiger partial charge < -0.3 is 9.80 Å². The van der Waals surface area contributed by atoms with Gasteiger partial charge in [0, 0.05) is 51.4 Å². The molecule has 1 aromatic heterocycles. The number of aryl methyl sites for hydroxylation is 1. The van der Waals surface area contributed by atoms with Gasteiger partial charge in [0.15, 0.2) is 0 Å². The van der Waals surface area contributed by atoms with Crippen molar-refractivity contribution in [3.8, 4) is 0 Å². The van der Waals surface area contributed by atoms with Crippen LogP contribution in [0.15, 0.2) is 142 Å². The number of para-hydroxylation sites is 2. The van der Waals surface area contributed by atoms with Crippen molar-refractivity contribution in [2.45, 2.75) is 51.0 Å². The summed E-state index contributed by atoms with van der Waals surface area (Å²) >= 11 is 16.5. The molecular formula is C41H38Cl2N3S2+. The molecule has 0 unspecified atom stereocenters. The molecular weight excluding hydrogens is 670 g/mol. The minimum Gasteiger partial charge on any atom is -0.335 e. The van der Waals surface area contributed by atoms with Gasteiger partial charge in [0.25, 0.3) is 5.01 Å². The SMILES string of the molecule is CCCN1C(=CC=C2CCC(C=Cc3sc4ccc(Cl)cc4[n+]3CCC)=C2N(c2ccccc2)c2ccccc2)Sc2ccc(Cl)cc21. The van der Waals surface area contributed by atoms with Crippen LogP contribution in [0.2, 0.25) is 10.0 Å². The summed E-state index contributed by atoms with van der Waals surface area (Å²) in [7, 11) is 0. The number of fused-ring (bicyclic) bond motifs is 2. The first kappa shape index (κ1) is 32.8. The highest BCUT2D eigenvalue weighted by atomic mass is 35.5. The molecule has 0 fully saturated rings. The van der Waals surface area contributed by atoms with Gasteiger partial charge in [-0.3, -0.25) is 0 Å². The maximum atomic E-state index is 6.44. The zero-order valence-corrected chi connectivity index (χ0v) is 30.3. The van der Waals surface area contributed by atoms with Crippen LogP contribution in [0.1, 0.15) is 44.5 Å². The van der Waals surface area contributed by atoms with Gasteiger partial charge in [-0.05, 0) is 97.2 Å². The van der Waals surface area contributed by atoms with Crippen molar-refractivity contribution in [3.05, 3.63) is 152 Å². The van der Waals surface area contributed by atoms with E-state index in [4.69, 9.17) is 23.2 Å². The maximum Gasteiger partial charge on any atom is 0.262 e. The molecule has 0 amide bonds. The lowest BCUT2D eigenvalue weighted by Crippen LogP contribution is -2.34. The van der Waals surface area contributed by atoms with E-state index in [9.17, 15) is 0 Å². The molecule has 0 N–H and O–H groups in total. The van der Waals surface area contributed by atoms with Crippen LogP contribution in [0, 0.1) is 0 Å². The number of rotatable bonds is 10. The summed E-state index contributed by atoms with van der Waals surface area (Å²) in [5.41, 5.74) is 8.59. The van der Waals surface area contributed by atoms with Gasteiger partial charge in [-0.2, -0.15) is 4.57 Å². The molecule has 5 aromatic rings. The molecule has 0 spiro atoms. The second-order valence-electron chi connectivity index (χ2n) is 12.0. The molecule has 0 atom stereocenters. The Labute approximate surface area is 302 Å². The molecule has 7 rings (SSSR count). The average molecular weight is 708 g/mol. The van der Waals surface area contributed by atoms with E-state index in [0.717, 1.165) is 60.2 Å². The molecule has 0 radical (unpaired) electrons. The van der Waals surface area contributed by atoms with Gasteiger partial charge in [-0.15, -0.1) is 0 Å². The molecule has 48 heavy (non-hydrogen) atoms. The summed E-state index contributed by atoms with van der Waals surface area (Å²) in [6.07, 6.45) is 13.4. The van der Waals surface area contributed by atoms with E-state index < -0.39 is 0 Å². The van der Waals surface area contributed by atoms with E-state index in [1.165, 1.54) is 47.7 Å². The number of thiazole rings is 1. The van der Waals surface area contributed by atoms with Gasteiger partial charge in [0.05, 0.1) is 16.4 Å². The molecule has 0 saturated heterocycles. The number of anilines is 3. The van der Waals surface area contributed by atoms with Crippen LogP contribution >= 0.6 is 46.3 Å². The van der Waals surface area contributed by atoms with Crippen molar-refractivity contribution in [1.29, 1.82) is 0 Å². The number of halogens is 2. The van der Waals surface area contributed by atoms with Gasteiger partial charge in [-0.25, -0.2) is 0 Å². The second-order valence-corrected chi connectivity index (χ2v) is 15.0. The highest BCUT2D eigenvalue weighted by molar-refractivity contribution is 8.03. The van der Waals surface area contributed by atoms with Crippen molar-refractivity contribution in [2.24, 2.45) is 0 Å². The predicted molar refractivity (Wildman–Crippen MR) is 209 cm³/mol. The van der Waals surface area contributed by atoms with Gasteiger partial charge in [0.2, 0.25) is 5.52 Å². The fourth-order valence-electron chi connectivity index (χ4n) is 6.53. The molecule has 0 saturated carbocycles. The Morgan fingerprint density at radius 1 is 0.792 bits per heavy atom. The van der Waals surface area contributed by atoms with Crippen LogP contribution in [0.4, 0.5) is 17.1 Å². The molecule has 7 heteroatoms. The van der Waals surface area contributed by atoms with E-state index in [2.05, 4.69) is 137 Å². The molecule has 1 aliphatic heterocycles. The van der Waals surface area contributed by atoms with Crippen LogP contribution in [0.25, 0.3) is 16.3 Å². The van der Waals surface area contributed by atoms with E-state index in [1.807, 2.05) is 35.2 Å². The van der Waals surface area contributed by atoms with Gasteiger partial charge in [0.1, 0.15) is 11.2 Å². The molecule has 2 aliphatic rings. The summed E-state index contributed by atoms with van der Waals surface area (Å²) in [6, 6.07) is 33.9. The fourth-order valence-corrected chi connectivity index (χ4v) is 9.01. The molecule has 242 valence electrons. The van der Waals surface area contributed by atoms with Crippen LogP contribution in [0.3, 0.4) is 0 Å². The van der Waals surface area contributed by atoms with E-state index in [0.29, 0.717) is 0 Å². The molecule has 2 heterocycles. The Bertz CT molecular complexity index is 2020. The number of benzene rings is 4. The average Bonchev–Trinajstić information content (AvgIpc) is 3.77. The number of aromatic nitrogens is 1. The summed E-state index contributed by atoms with van der Waals surface area (Å²) < 4.78 is 3.66. The number of allylic oxidation sites excluding steroid dienone is 5. The van der Waals surface area contributed by atoms with Crippen LogP contribution in [-0.2, 0) is 6.54 Å². The largest absolute Gasteiger partial charge is 0.335 e. The third-order valence-electron chi connectivity index (χ3n) is 8.66. The normalized spacial score (nSPS) is 16.3. The highest BCUT2D eigenvalue weighted by Gasteiger charge is 2.28. The number of hydrogen-bond acceptors (Lipinski definition) is 4. The maximum absolute atomic E-state index is 6.44. The number of hydrogen-bond donors (Lipinski definition) is 0. The van der Waals surface area contributed by atoms with E-state index in [1.54, 1.807) is 0 Å². The van der Waals surface area contributed by atoms with E-state index >= 15 is 0 Å². The Hall–Kier alpha value is -3.74. The minimum atomic E-state index is 0.774. The Kier molecular flexibility index (Phi) is 10.1. The number of nitrogens with zero attached hydrogens (tertiary/aromatic N) is 3. The lowest BCUT2D eigenvalue weighted by Gasteiger charge is -2.28. The monoisotopic (exact) mass is 706 g/mol. The lowest BCUT2D eigenvalue weighted by molar-refractivity contribution is -0.668. The molecule has 0 bridgehead atoms. The van der Waals surface area contributed by atoms with Gasteiger partial charge in [-0.1, -0.05) is 103 Å². The minimum absolute atomic E-state index is 0.774. The molecule has 4 aromatic carbocycles. The van der Waals surface area contributed by atoms with Crippen LogP contribution in [-0.4, -0.2) is 6.54 Å². The van der Waals surface area contributed by atoms with Crippen molar-refractivity contribution in [1.82, 2.24) is 0 Å². The summed E-state index contributed by atoms with van der Waals surface area (Å²) in [4.78, 5) is 6.10. The topological polar surface area (TPSA) is 10.4 Å². The Morgan fingerprint density at radius 3 is 2.21 bits per heavy atom. The number of thioether (sulfide) groups is 1. The van der Waals surface area contributed by atoms with Crippen molar-refractivity contribution in [2.75, 3.05) is 16.3 Å².